The second-order valence-corrected chi connectivity index (χ2v) is 16.6. The minimum Gasteiger partial charge on any atom is -0.404 e. The molecule has 1 aromatic carbocycles. The van der Waals surface area contributed by atoms with Gasteiger partial charge in [-0.2, -0.15) is 0 Å². The van der Waals surface area contributed by atoms with Crippen molar-refractivity contribution in [2.75, 3.05) is 6.54 Å². The van der Waals surface area contributed by atoms with Crippen molar-refractivity contribution in [1.29, 1.82) is 0 Å². The van der Waals surface area contributed by atoms with Crippen molar-refractivity contribution < 1.29 is 31.7 Å². The monoisotopic (exact) mass is 663 g/mol. The molecule has 3 saturated carbocycles. The molecule has 4 fully saturated rings. The molecule has 4 aliphatic rings. The third-order valence-corrected chi connectivity index (χ3v) is 12.1. The van der Waals surface area contributed by atoms with E-state index in [1.54, 1.807) is 0 Å². The molecule has 1 unspecified atom stereocenters. The number of benzene rings is 1. The zero-order chi connectivity index (χ0) is 33.7. The average Bonchev–Trinajstić information content (AvgIpc) is 3.35. The topological polar surface area (TPSA) is 123 Å². The van der Waals surface area contributed by atoms with Gasteiger partial charge in [0.15, 0.2) is 0 Å². The van der Waals surface area contributed by atoms with Gasteiger partial charge in [-0.15, -0.1) is 0 Å². The Kier molecular flexibility index (Phi) is 12.4. The van der Waals surface area contributed by atoms with E-state index >= 15 is 0 Å². The van der Waals surface area contributed by atoms with Crippen LogP contribution in [-0.2, 0) is 28.9 Å². The molecule has 12 heteroatoms. The molecule has 1 saturated heterocycles. The molecule has 1 aliphatic heterocycles. The number of sulfonamides is 1. The summed E-state index contributed by atoms with van der Waals surface area (Å²) in [5.41, 5.74) is -0.273. The van der Waals surface area contributed by atoms with Crippen molar-refractivity contribution in [1.82, 2.24) is 15.4 Å². The van der Waals surface area contributed by atoms with E-state index in [0.29, 0.717) is 24.7 Å². The van der Waals surface area contributed by atoms with E-state index in [1.165, 1.54) is 19.3 Å². The molecule has 2 amide bonds. The highest BCUT2D eigenvalue weighted by molar-refractivity contribution is 7.89. The van der Waals surface area contributed by atoms with Crippen LogP contribution in [0.3, 0.4) is 0 Å². The van der Waals surface area contributed by atoms with Crippen molar-refractivity contribution in [2.45, 2.75) is 141 Å². The van der Waals surface area contributed by atoms with Crippen LogP contribution in [-0.4, -0.2) is 57.6 Å². The fourth-order valence-electron chi connectivity index (χ4n) is 7.71. The smallest absolute Gasteiger partial charge is 0.404 e. The van der Waals surface area contributed by atoms with Crippen LogP contribution in [0, 0.1) is 29.0 Å². The normalized spacial score (nSPS) is 26.3. The first kappa shape index (κ1) is 36.8. The Hall–Kier alpha value is -2.02. The summed E-state index contributed by atoms with van der Waals surface area (Å²) in [5, 5.41) is 5.84. The lowest BCUT2D eigenvalue weighted by Crippen LogP contribution is -2.65. The van der Waals surface area contributed by atoms with Crippen molar-refractivity contribution in [3.05, 3.63) is 30.1 Å². The fourth-order valence-corrected chi connectivity index (χ4v) is 8.76. The third-order valence-electron chi connectivity index (χ3n) is 10.6. The first-order valence-electron chi connectivity index (χ1n) is 17.4. The van der Waals surface area contributed by atoms with E-state index in [0.717, 1.165) is 56.4 Å². The molecule has 6 atom stereocenters. The standard InChI is InChI=1S/C34H55BFN3O6S/c1-7-8-9-10-11-12-13-14-31(40)38-27(22-37-46(42,43)26-17-15-25(36)16-18-26)32(41)39-30(19-23(2)3)35-44-29-21-24-20-28(33(24,4)5)34(29,6)45-35/h15-18,23-24,27-30,37H,7-14,19-22H2,1-6H3,(H,38,40)(H,39,41)/t24-,27-,28-,29?,30-,34-/m0/s1. The number of hydrogen-bond acceptors (Lipinski definition) is 6. The number of carbonyl (C=O) groups excluding carboxylic acids is 2. The molecule has 258 valence electrons. The highest BCUT2D eigenvalue weighted by atomic mass is 32.2. The van der Waals surface area contributed by atoms with Crippen molar-refractivity contribution in [2.24, 2.45) is 23.2 Å². The van der Waals surface area contributed by atoms with Crippen molar-refractivity contribution in [3.63, 3.8) is 0 Å². The molecule has 1 aromatic rings. The van der Waals surface area contributed by atoms with Crippen LogP contribution in [0.2, 0.25) is 0 Å². The highest BCUT2D eigenvalue weighted by Gasteiger charge is 2.68. The number of amides is 2. The zero-order valence-corrected chi connectivity index (χ0v) is 29.4. The van der Waals surface area contributed by atoms with Gasteiger partial charge in [0, 0.05) is 13.0 Å². The van der Waals surface area contributed by atoms with Crippen LogP contribution < -0.4 is 15.4 Å². The first-order valence-corrected chi connectivity index (χ1v) is 18.8. The van der Waals surface area contributed by atoms with Gasteiger partial charge in [0.25, 0.3) is 0 Å². The molecular weight excluding hydrogens is 608 g/mol. The van der Waals surface area contributed by atoms with E-state index in [2.05, 4.69) is 56.9 Å². The molecule has 0 spiro atoms. The summed E-state index contributed by atoms with van der Waals surface area (Å²) in [6.07, 6.45) is 10.1. The van der Waals surface area contributed by atoms with Crippen molar-refractivity contribution in [3.8, 4) is 0 Å². The van der Waals surface area contributed by atoms with Crippen LogP contribution in [0.25, 0.3) is 0 Å². The van der Waals surface area contributed by atoms with Crippen LogP contribution in [0.15, 0.2) is 29.2 Å². The average molecular weight is 664 g/mol. The minimum absolute atomic E-state index is 0.0548. The van der Waals surface area contributed by atoms with E-state index < -0.39 is 46.5 Å². The van der Waals surface area contributed by atoms with E-state index in [-0.39, 0.29) is 41.2 Å². The molecular formula is C34H55BFN3O6S. The molecule has 9 nitrogen and oxygen atoms in total. The van der Waals surface area contributed by atoms with Gasteiger partial charge >= 0.3 is 7.12 Å². The second kappa shape index (κ2) is 15.5. The molecule has 3 N–H and O–H groups in total. The Bertz CT molecular complexity index is 1300. The SMILES string of the molecule is CCCCCCCCCC(=O)N[C@@H](CNS(=O)(=O)c1ccc(F)cc1)C(=O)N[C@@H](CC(C)C)B1OC2C[C@@H]3C[C@@H](C3(C)C)[C@]2(C)O1. The van der Waals surface area contributed by atoms with Gasteiger partial charge in [0.2, 0.25) is 21.8 Å². The number of halogens is 1. The van der Waals surface area contributed by atoms with Crippen LogP contribution in [0.4, 0.5) is 4.39 Å². The molecule has 5 rings (SSSR count). The molecule has 0 radical (unpaired) electrons. The summed E-state index contributed by atoms with van der Waals surface area (Å²) in [6, 6.07) is 3.26. The Morgan fingerprint density at radius 1 is 1.00 bits per heavy atom. The van der Waals surface area contributed by atoms with Gasteiger partial charge in [-0.25, -0.2) is 17.5 Å². The van der Waals surface area contributed by atoms with Gasteiger partial charge in [-0.3, -0.25) is 9.59 Å². The van der Waals surface area contributed by atoms with Crippen LogP contribution in [0.5, 0.6) is 0 Å². The Labute approximate surface area is 276 Å². The molecule has 46 heavy (non-hydrogen) atoms. The van der Waals surface area contributed by atoms with Gasteiger partial charge in [0.05, 0.1) is 22.5 Å². The summed E-state index contributed by atoms with van der Waals surface area (Å²) in [5.74, 6) is -0.728. The van der Waals surface area contributed by atoms with Crippen LogP contribution in [0.1, 0.15) is 112 Å². The predicted molar refractivity (Wildman–Crippen MR) is 178 cm³/mol. The second-order valence-electron chi connectivity index (χ2n) is 14.9. The van der Waals surface area contributed by atoms with E-state index in [1.807, 2.05) is 0 Å². The van der Waals surface area contributed by atoms with Crippen molar-refractivity contribution >= 4 is 29.0 Å². The van der Waals surface area contributed by atoms with E-state index in [9.17, 15) is 22.4 Å². The fraction of sp³-hybridized carbons (Fsp3) is 0.765. The van der Waals surface area contributed by atoms with Gasteiger partial charge in [-0.1, -0.05) is 73.1 Å². The summed E-state index contributed by atoms with van der Waals surface area (Å²) in [7, 11) is -4.73. The lowest BCUT2D eigenvalue weighted by molar-refractivity contribution is -0.199. The maximum absolute atomic E-state index is 13.9. The largest absolute Gasteiger partial charge is 0.481 e. The van der Waals surface area contributed by atoms with Crippen LogP contribution >= 0.6 is 0 Å². The van der Waals surface area contributed by atoms with E-state index in [4.69, 9.17) is 9.31 Å². The molecule has 0 aromatic heterocycles. The quantitative estimate of drug-likeness (QED) is 0.140. The maximum Gasteiger partial charge on any atom is 0.481 e. The molecule has 3 aliphatic carbocycles. The van der Waals surface area contributed by atoms with Gasteiger partial charge in [-0.05, 0) is 80.0 Å². The van der Waals surface area contributed by atoms with Gasteiger partial charge < -0.3 is 19.9 Å². The summed E-state index contributed by atoms with van der Waals surface area (Å²) in [6.45, 7) is 12.6. The highest BCUT2D eigenvalue weighted by Crippen LogP contribution is 2.65. The number of hydrogen-bond donors (Lipinski definition) is 3. The molecule has 2 bridgehead atoms. The van der Waals surface area contributed by atoms with Gasteiger partial charge in [0.1, 0.15) is 11.9 Å². The Morgan fingerprint density at radius 2 is 1.65 bits per heavy atom. The zero-order valence-electron chi connectivity index (χ0n) is 28.6. The number of unbranched alkanes of at least 4 members (excludes halogenated alkanes) is 6. The Balaban J connectivity index is 1.44. The molecule has 1 heterocycles. The minimum atomic E-state index is -4.07. The number of rotatable bonds is 18. The summed E-state index contributed by atoms with van der Waals surface area (Å²) < 4.78 is 55.1. The predicted octanol–water partition coefficient (Wildman–Crippen LogP) is 5.53. The summed E-state index contributed by atoms with van der Waals surface area (Å²) in [4.78, 5) is 26.7. The lowest BCUT2D eigenvalue weighted by Gasteiger charge is -2.64. The number of nitrogens with one attached hydrogen (secondary N) is 3. The first-order chi connectivity index (χ1) is 21.7. The third kappa shape index (κ3) is 8.71. The maximum atomic E-state index is 13.9. The summed E-state index contributed by atoms with van der Waals surface area (Å²) >= 11 is 0. The number of carbonyl (C=O) groups is 2. The lowest BCUT2D eigenvalue weighted by atomic mass is 9.43. The Morgan fingerprint density at radius 3 is 2.28 bits per heavy atom.